The topological polar surface area (TPSA) is 101 Å². The fourth-order valence-electron chi connectivity index (χ4n) is 9.55. The van der Waals surface area contributed by atoms with Gasteiger partial charge in [0.15, 0.2) is 0 Å². The van der Waals surface area contributed by atoms with Crippen LogP contribution in [0.1, 0.15) is 77.6 Å². The number of aliphatic hydroxyl groups excluding tert-OH is 1. The van der Waals surface area contributed by atoms with Gasteiger partial charge in [0.1, 0.15) is 11.9 Å². The molecule has 2 heterocycles. The van der Waals surface area contributed by atoms with Crippen LogP contribution in [0.25, 0.3) is 6.08 Å². The Morgan fingerprint density at radius 1 is 1.22 bits per heavy atom. The molecule has 0 aromatic carbocycles. The highest BCUT2D eigenvalue weighted by Crippen LogP contribution is 2.80. The fraction of sp³-hybridized carbons (Fsp3) is 0.697. The number of thioether (sulfide) groups is 1. The minimum Gasteiger partial charge on any atom is -0.461 e. The molecular weight excluding hydrogens is 534 g/mol. The average molecular weight is 580 g/mol. The van der Waals surface area contributed by atoms with Crippen LogP contribution in [0.15, 0.2) is 30.1 Å². The Morgan fingerprint density at radius 2 is 1.95 bits per heavy atom. The summed E-state index contributed by atoms with van der Waals surface area (Å²) in [6, 6.07) is 0. The van der Waals surface area contributed by atoms with E-state index in [1.165, 1.54) is 0 Å². The summed E-state index contributed by atoms with van der Waals surface area (Å²) >= 11 is 1.70. The summed E-state index contributed by atoms with van der Waals surface area (Å²) in [7, 11) is 0. The summed E-state index contributed by atoms with van der Waals surface area (Å²) in [5.41, 5.74) is 0.934. The van der Waals surface area contributed by atoms with Gasteiger partial charge in [-0.1, -0.05) is 38.5 Å². The Hall–Kier alpha value is -2.03. The summed E-state index contributed by atoms with van der Waals surface area (Å²) < 4.78 is 6.52. The summed E-state index contributed by atoms with van der Waals surface area (Å²) in [5, 5.41) is 16.0. The van der Waals surface area contributed by atoms with Gasteiger partial charge in [-0.05, 0) is 82.4 Å². The molecule has 5 aliphatic rings. The number of hydrogen-bond donors (Lipinski definition) is 2. The van der Waals surface area contributed by atoms with E-state index in [2.05, 4.69) is 55.1 Å². The number of Topliss-reactive ketones (excluding diaryl/α,β-unsaturated/α-hetero) is 1. The van der Waals surface area contributed by atoms with Gasteiger partial charge in [-0.15, -0.1) is 11.8 Å². The van der Waals surface area contributed by atoms with E-state index in [1.807, 2.05) is 13.0 Å². The Bertz CT molecular complexity index is 1290. The number of carbonyl (C=O) groups is 2. The summed E-state index contributed by atoms with van der Waals surface area (Å²) in [6.07, 6.45) is 13.2. The number of aliphatic hydroxyl groups is 1. The minimum atomic E-state index is -0.679. The van der Waals surface area contributed by atoms with Gasteiger partial charge < -0.3 is 15.2 Å². The number of esters is 1. The van der Waals surface area contributed by atoms with E-state index in [1.54, 1.807) is 24.2 Å². The molecule has 7 nitrogen and oxygen atoms in total. The number of rotatable bonds is 6. The number of piperidine rings is 1. The first kappa shape index (κ1) is 29.1. The number of allylic oxidation sites excluding steroid dienone is 1. The summed E-state index contributed by atoms with van der Waals surface area (Å²) in [4.78, 5) is 35.9. The van der Waals surface area contributed by atoms with Gasteiger partial charge in [-0.3, -0.25) is 19.6 Å². The number of aromatic nitrogens is 2. The van der Waals surface area contributed by atoms with E-state index in [0.717, 1.165) is 55.7 Å². The Kier molecular flexibility index (Phi) is 7.30. The van der Waals surface area contributed by atoms with Crippen LogP contribution in [0.4, 0.5) is 0 Å². The monoisotopic (exact) mass is 579 g/mol. The van der Waals surface area contributed by atoms with Crippen LogP contribution >= 0.6 is 11.8 Å². The quantitative estimate of drug-likeness (QED) is 0.362. The van der Waals surface area contributed by atoms with Crippen LogP contribution in [0, 0.1) is 40.4 Å². The summed E-state index contributed by atoms with van der Waals surface area (Å²) in [6.45, 7) is 12.5. The highest BCUT2D eigenvalue weighted by atomic mass is 32.2. The maximum atomic E-state index is 13.5. The molecule has 1 saturated heterocycles. The standard InChI is InChI=1S/C33H45N3O4S/c1-20-16-33-19-32(11-7-25(33)37)21(2)28(39)30(4,10-6-24-22(3)35-14-15-36-24)17-26(31(20,5)29(32)33)40-27(38)18-41-23-8-12-34-13-9-23/h6,10,14-16,21,23,26,28-29,34,39H,7-9,11-13,17-19H2,1-5H3/b10-6+/t21-,26+,28-,29-,30-,31-,32+,33?/m0/s1. The van der Waals surface area contributed by atoms with Gasteiger partial charge in [0.25, 0.3) is 0 Å². The van der Waals surface area contributed by atoms with E-state index in [0.29, 0.717) is 29.6 Å². The Labute approximate surface area is 248 Å². The van der Waals surface area contributed by atoms with Crippen molar-refractivity contribution in [1.29, 1.82) is 0 Å². The molecular formula is C33H45N3O4S. The van der Waals surface area contributed by atoms with E-state index < -0.39 is 28.5 Å². The van der Waals surface area contributed by atoms with Gasteiger partial charge in [0.2, 0.25) is 0 Å². The Balaban J connectivity index is 1.37. The van der Waals surface area contributed by atoms with Crippen molar-refractivity contribution in [2.45, 2.75) is 90.6 Å². The number of nitrogens with one attached hydrogen (secondary N) is 1. The molecule has 4 aliphatic carbocycles. The average Bonchev–Trinajstić information content (AvgIpc) is 3.14. The third-order valence-electron chi connectivity index (χ3n) is 11.9. The third kappa shape index (κ3) is 4.37. The molecule has 41 heavy (non-hydrogen) atoms. The number of carbonyl (C=O) groups excluding carboxylic acids is 2. The first-order valence-corrected chi connectivity index (χ1v) is 16.4. The molecule has 6 rings (SSSR count). The summed E-state index contributed by atoms with van der Waals surface area (Å²) in [5.74, 6) is 0.472. The molecule has 2 spiro atoms. The fourth-order valence-corrected chi connectivity index (χ4v) is 10.6. The van der Waals surface area contributed by atoms with Gasteiger partial charge >= 0.3 is 5.97 Å². The first-order chi connectivity index (χ1) is 19.5. The zero-order chi connectivity index (χ0) is 29.2. The third-order valence-corrected chi connectivity index (χ3v) is 13.2. The van der Waals surface area contributed by atoms with Crippen molar-refractivity contribution in [3.05, 3.63) is 41.5 Å². The lowest BCUT2D eigenvalue weighted by Crippen LogP contribution is -2.72. The number of hydrogen-bond acceptors (Lipinski definition) is 8. The lowest BCUT2D eigenvalue weighted by Gasteiger charge is -2.71. The van der Waals surface area contributed by atoms with Crippen LogP contribution < -0.4 is 5.32 Å². The van der Waals surface area contributed by atoms with E-state index in [4.69, 9.17) is 4.74 Å². The maximum Gasteiger partial charge on any atom is 0.316 e. The van der Waals surface area contributed by atoms with Crippen LogP contribution in [-0.2, 0) is 14.3 Å². The highest BCUT2D eigenvalue weighted by Gasteiger charge is 2.79. The smallest absolute Gasteiger partial charge is 0.316 e. The van der Waals surface area contributed by atoms with Crippen molar-refractivity contribution in [2.24, 2.45) is 33.5 Å². The predicted octanol–water partition coefficient (Wildman–Crippen LogP) is 4.92. The van der Waals surface area contributed by atoms with Crippen molar-refractivity contribution in [1.82, 2.24) is 15.3 Å². The van der Waals surface area contributed by atoms with Crippen LogP contribution in [0.5, 0.6) is 0 Å². The van der Waals surface area contributed by atoms with Gasteiger partial charge in [0, 0.05) is 34.9 Å². The molecule has 1 aromatic heterocycles. The number of ether oxygens (including phenoxy) is 1. The molecule has 1 unspecified atom stereocenters. The maximum absolute atomic E-state index is 13.5. The van der Waals surface area contributed by atoms with Crippen LogP contribution in [0.3, 0.4) is 0 Å². The Morgan fingerprint density at radius 3 is 2.68 bits per heavy atom. The van der Waals surface area contributed by atoms with Crippen molar-refractivity contribution in [2.75, 3.05) is 18.8 Å². The van der Waals surface area contributed by atoms with Gasteiger partial charge in [-0.25, -0.2) is 0 Å². The molecule has 0 radical (unpaired) electrons. The molecule has 1 aromatic rings. The van der Waals surface area contributed by atoms with Crippen LogP contribution in [-0.4, -0.2) is 63.1 Å². The van der Waals surface area contributed by atoms with Crippen LogP contribution in [0.2, 0.25) is 0 Å². The van der Waals surface area contributed by atoms with E-state index in [9.17, 15) is 14.7 Å². The molecule has 8 atom stereocenters. The normalized spacial score (nSPS) is 42.2. The second-order valence-corrected chi connectivity index (χ2v) is 15.2. The molecule has 1 aliphatic heterocycles. The largest absolute Gasteiger partial charge is 0.461 e. The number of aryl methyl sites for hydroxylation is 1. The zero-order valence-corrected chi connectivity index (χ0v) is 25.9. The van der Waals surface area contributed by atoms with Crippen molar-refractivity contribution >= 4 is 29.6 Å². The van der Waals surface area contributed by atoms with Crippen molar-refractivity contribution < 1.29 is 19.4 Å². The molecule has 3 saturated carbocycles. The van der Waals surface area contributed by atoms with E-state index in [-0.39, 0.29) is 23.2 Å². The second kappa shape index (κ2) is 10.3. The first-order valence-electron chi connectivity index (χ1n) is 15.4. The minimum absolute atomic E-state index is 0.0166. The lowest BCUT2D eigenvalue weighted by atomic mass is 9.31. The number of nitrogens with zero attached hydrogens (tertiary/aromatic N) is 2. The molecule has 222 valence electrons. The predicted molar refractivity (Wildman–Crippen MR) is 161 cm³/mol. The second-order valence-electron chi connectivity index (χ2n) is 14.0. The lowest BCUT2D eigenvalue weighted by molar-refractivity contribution is -0.249. The van der Waals surface area contributed by atoms with E-state index >= 15 is 0 Å². The highest BCUT2D eigenvalue weighted by molar-refractivity contribution is 8.00. The van der Waals surface area contributed by atoms with Gasteiger partial charge in [-0.2, -0.15) is 0 Å². The molecule has 2 N–H and O–H groups in total. The van der Waals surface area contributed by atoms with Crippen molar-refractivity contribution in [3.8, 4) is 0 Å². The zero-order valence-electron chi connectivity index (χ0n) is 25.1. The molecule has 0 amide bonds. The molecule has 4 fully saturated rings. The van der Waals surface area contributed by atoms with Crippen molar-refractivity contribution in [3.63, 3.8) is 0 Å². The number of ketones is 1. The molecule has 2 bridgehead atoms. The van der Waals surface area contributed by atoms with Gasteiger partial charge in [0.05, 0.1) is 28.7 Å². The molecule has 8 heteroatoms. The SMILES string of the molecule is CC1=CC23C[C@@]4(CCC2=O)[C@@H]3[C@]1(C)[C@H](OC(=O)CSC1CCNCC1)C[C@](C)(/C=C/c1nccnc1C)[C@@H](O)[C@@H]4C.